The Morgan fingerprint density at radius 2 is 1.15 bits per heavy atom. The third kappa shape index (κ3) is 6.73. The highest BCUT2D eigenvalue weighted by atomic mass is 16.7. The van der Waals surface area contributed by atoms with E-state index in [2.05, 4.69) is 0 Å². The van der Waals surface area contributed by atoms with Crippen molar-refractivity contribution in [2.45, 2.75) is 50.5 Å². The monoisotopic (exact) mass is 463 g/mol. The fourth-order valence-electron chi connectivity index (χ4n) is 4.05. The minimum absolute atomic E-state index is 0.326. The summed E-state index contributed by atoms with van der Waals surface area (Å²) in [5, 5.41) is 0. The van der Waals surface area contributed by atoms with Gasteiger partial charge in [-0.15, -0.1) is 0 Å². The van der Waals surface area contributed by atoms with Crippen LogP contribution in [0.25, 0.3) is 0 Å². The average Bonchev–Trinajstić information content (AvgIpc) is 2.89. The van der Waals surface area contributed by atoms with Crippen LogP contribution >= 0.6 is 0 Å². The molecule has 180 valence electrons. The number of rotatable bonds is 11. The van der Waals surface area contributed by atoms with Crippen molar-refractivity contribution in [3.63, 3.8) is 0 Å². The van der Waals surface area contributed by atoms with Gasteiger partial charge in [-0.25, -0.2) is 0 Å². The lowest BCUT2D eigenvalue weighted by molar-refractivity contribution is -0.291. The molecule has 0 saturated carbocycles. The highest BCUT2D eigenvalue weighted by Gasteiger charge is 2.46. The van der Waals surface area contributed by atoms with Crippen molar-refractivity contribution < 1.29 is 23.7 Å². The number of methoxy groups -OCH3 is 1. The second kappa shape index (κ2) is 12.8. The van der Waals surface area contributed by atoms with Crippen molar-refractivity contribution in [1.82, 2.24) is 0 Å². The number of benzene rings is 3. The highest BCUT2D eigenvalue weighted by molar-refractivity contribution is 5.15. The molecule has 0 unspecified atom stereocenters. The van der Waals surface area contributed by atoms with Crippen LogP contribution in [0.15, 0.2) is 91.0 Å². The first kappa shape index (κ1) is 24.5. The Hall–Kier alpha value is -2.58. The SMILES string of the molecule is CO[C@H]1O[C@@H](COCc2ccccc2)[C@@H](N)[C@@H](OCc2ccccc2)[C@H]1OCc1ccccc1. The first-order valence-electron chi connectivity index (χ1n) is 11.6. The summed E-state index contributed by atoms with van der Waals surface area (Å²) in [5.74, 6) is 0. The zero-order valence-corrected chi connectivity index (χ0v) is 19.5. The molecule has 1 fully saturated rings. The minimum atomic E-state index is -0.630. The number of nitrogens with two attached hydrogens (primary N) is 1. The summed E-state index contributed by atoms with van der Waals surface area (Å²) in [5.41, 5.74) is 9.89. The van der Waals surface area contributed by atoms with E-state index in [9.17, 15) is 0 Å². The molecule has 0 aromatic heterocycles. The molecule has 0 bridgehead atoms. The van der Waals surface area contributed by atoms with E-state index >= 15 is 0 Å². The fraction of sp³-hybridized carbons (Fsp3) is 0.357. The van der Waals surface area contributed by atoms with E-state index < -0.39 is 30.6 Å². The van der Waals surface area contributed by atoms with Crippen LogP contribution in [-0.2, 0) is 43.5 Å². The van der Waals surface area contributed by atoms with Crippen molar-refractivity contribution in [2.75, 3.05) is 13.7 Å². The van der Waals surface area contributed by atoms with E-state index in [1.165, 1.54) is 0 Å². The van der Waals surface area contributed by atoms with E-state index in [0.29, 0.717) is 26.4 Å². The van der Waals surface area contributed by atoms with Crippen molar-refractivity contribution in [2.24, 2.45) is 5.73 Å². The van der Waals surface area contributed by atoms with Gasteiger partial charge in [0.25, 0.3) is 0 Å². The van der Waals surface area contributed by atoms with Gasteiger partial charge in [-0.1, -0.05) is 91.0 Å². The Balaban J connectivity index is 1.44. The quantitative estimate of drug-likeness (QED) is 0.462. The van der Waals surface area contributed by atoms with Crippen LogP contribution in [0.1, 0.15) is 16.7 Å². The summed E-state index contributed by atoms with van der Waals surface area (Å²) >= 11 is 0. The molecule has 0 aliphatic carbocycles. The summed E-state index contributed by atoms with van der Waals surface area (Å²) in [4.78, 5) is 0. The molecule has 1 heterocycles. The van der Waals surface area contributed by atoms with Gasteiger partial charge in [-0.2, -0.15) is 0 Å². The normalized spacial score (nSPS) is 24.7. The summed E-state index contributed by atoms with van der Waals surface area (Å²) in [6, 6.07) is 29.6. The van der Waals surface area contributed by atoms with Crippen LogP contribution in [0.5, 0.6) is 0 Å². The maximum Gasteiger partial charge on any atom is 0.186 e. The molecular formula is C28H33NO5. The first-order valence-corrected chi connectivity index (χ1v) is 11.6. The molecule has 3 aromatic carbocycles. The van der Waals surface area contributed by atoms with Gasteiger partial charge < -0.3 is 29.4 Å². The van der Waals surface area contributed by atoms with Crippen LogP contribution in [0.2, 0.25) is 0 Å². The van der Waals surface area contributed by atoms with Crippen LogP contribution in [0.3, 0.4) is 0 Å². The molecule has 3 aromatic rings. The van der Waals surface area contributed by atoms with Gasteiger partial charge in [0, 0.05) is 7.11 Å². The van der Waals surface area contributed by atoms with Crippen LogP contribution < -0.4 is 5.73 Å². The zero-order chi connectivity index (χ0) is 23.6. The second-order valence-corrected chi connectivity index (χ2v) is 8.38. The van der Waals surface area contributed by atoms with Crippen molar-refractivity contribution in [3.8, 4) is 0 Å². The van der Waals surface area contributed by atoms with Crippen molar-refractivity contribution >= 4 is 0 Å². The molecule has 2 N–H and O–H groups in total. The maximum absolute atomic E-state index is 6.68. The molecule has 1 aliphatic heterocycles. The topological polar surface area (TPSA) is 72.2 Å². The predicted octanol–water partition coefficient (Wildman–Crippen LogP) is 4.07. The van der Waals surface area contributed by atoms with Crippen LogP contribution in [0, 0.1) is 0 Å². The van der Waals surface area contributed by atoms with Gasteiger partial charge in [-0.05, 0) is 16.7 Å². The third-order valence-corrected chi connectivity index (χ3v) is 5.91. The lowest BCUT2D eigenvalue weighted by Crippen LogP contribution is -2.64. The number of ether oxygens (including phenoxy) is 5. The number of hydrogen-bond acceptors (Lipinski definition) is 6. The molecule has 4 rings (SSSR count). The van der Waals surface area contributed by atoms with Crippen molar-refractivity contribution in [1.29, 1.82) is 0 Å². The van der Waals surface area contributed by atoms with Gasteiger partial charge >= 0.3 is 0 Å². The number of hydrogen-bond donors (Lipinski definition) is 1. The average molecular weight is 464 g/mol. The smallest absolute Gasteiger partial charge is 0.186 e. The molecule has 0 radical (unpaired) electrons. The van der Waals surface area contributed by atoms with Gasteiger partial charge in [0.1, 0.15) is 18.3 Å². The van der Waals surface area contributed by atoms with Crippen molar-refractivity contribution in [3.05, 3.63) is 108 Å². The summed E-state index contributed by atoms with van der Waals surface area (Å²) in [7, 11) is 1.61. The standard InChI is InChI=1S/C28H33NO5/c1-30-28-27(33-19-23-15-9-4-10-16-23)26(32-18-22-13-7-3-8-14-22)25(29)24(34-28)20-31-17-21-11-5-2-6-12-21/h2-16,24-28H,17-20,29H2,1H3/t24-,25+,26+,27+,28-/m0/s1. The molecule has 1 saturated heterocycles. The highest BCUT2D eigenvalue weighted by Crippen LogP contribution is 2.27. The Labute approximate surface area is 201 Å². The molecular weight excluding hydrogens is 430 g/mol. The van der Waals surface area contributed by atoms with Crippen LogP contribution in [-0.4, -0.2) is 44.4 Å². The molecule has 0 amide bonds. The maximum atomic E-state index is 6.68. The lowest BCUT2D eigenvalue weighted by atomic mass is 9.96. The van der Waals surface area contributed by atoms with Crippen LogP contribution in [0.4, 0.5) is 0 Å². The van der Waals surface area contributed by atoms with Gasteiger partial charge in [0.15, 0.2) is 6.29 Å². The molecule has 6 nitrogen and oxygen atoms in total. The lowest BCUT2D eigenvalue weighted by Gasteiger charge is -2.44. The van der Waals surface area contributed by atoms with E-state index in [1.807, 2.05) is 91.0 Å². The largest absolute Gasteiger partial charge is 0.374 e. The fourth-order valence-corrected chi connectivity index (χ4v) is 4.05. The molecule has 5 atom stereocenters. The Kier molecular flexibility index (Phi) is 9.21. The third-order valence-electron chi connectivity index (χ3n) is 5.91. The Bertz CT molecular complexity index is 956. The summed E-state index contributed by atoms with van der Waals surface area (Å²) < 4.78 is 30.4. The molecule has 6 heteroatoms. The predicted molar refractivity (Wildman–Crippen MR) is 130 cm³/mol. The Morgan fingerprint density at radius 1 is 0.676 bits per heavy atom. The molecule has 0 spiro atoms. The minimum Gasteiger partial charge on any atom is -0.374 e. The van der Waals surface area contributed by atoms with E-state index in [0.717, 1.165) is 16.7 Å². The van der Waals surface area contributed by atoms with E-state index in [-0.39, 0.29) is 0 Å². The van der Waals surface area contributed by atoms with Gasteiger partial charge in [-0.3, -0.25) is 0 Å². The first-order chi connectivity index (χ1) is 16.7. The zero-order valence-electron chi connectivity index (χ0n) is 19.5. The Morgan fingerprint density at radius 3 is 1.65 bits per heavy atom. The molecule has 1 aliphatic rings. The second-order valence-electron chi connectivity index (χ2n) is 8.38. The molecule has 34 heavy (non-hydrogen) atoms. The summed E-state index contributed by atoms with van der Waals surface area (Å²) in [6.45, 7) is 1.63. The van der Waals surface area contributed by atoms with Gasteiger partial charge in [0.2, 0.25) is 0 Å². The van der Waals surface area contributed by atoms with Gasteiger partial charge in [0.05, 0.1) is 32.5 Å². The van der Waals surface area contributed by atoms with E-state index in [1.54, 1.807) is 7.11 Å². The van der Waals surface area contributed by atoms with E-state index in [4.69, 9.17) is 29.4 Å². The summed E-state index contributed by atoms with van der Waals surface area (Å²) in [6.07, 6.45) is -1.96.